The standard InChI is InChI=1S/C22H23N3O7/c26-18(21(29)30)9-23-19(27)10-24-20(28)11-25-22(31)32-12-17-15-7-3-1-5-13(15)14-6-2-4-8-16(14)17/h1-8,17-18,26H,9-12H2,(H,23,27)(H,24,28)(H,25,31)(H,29,30)/t18-/m0/s1. The second kappa shape index (κ2) is 10.4. The molecule has 1 aliphatic rings. The molecule has 5 N–H and O–H groups in total. The van der Waals surface area contributed by atoms with Crippen LogP contribution in [0.1, 0.15) is 17.0 Å². The third-order valence-electron chi connectivity index (χ3n) is 4.96. The highest BCUT2D eigenvalue weighted by atomic mass is 16.5. The fourth-order valence-electron chi connectivity index (χ4n) is 3.40. The molecule has 0 fully saturated rings. The van der Waals surface area contributed by atoms with Gasteiger partial charge < -0.3 is 30.9 Å². The molecule has 0 unspecified atom stereocenters. The van der Waals surface area contributed by atoms with E-state index in [0.717, 1.165) is 22.3 Å². The van der Waals surface area contributed by atoms with Crippen molar-refractivity contribution in [3.63, 3.8) is 0 Å². The van der Waals surface area contributed by atoms with Gasteiger partial charge in [-0.1, -0.05) is 48.5 Å². The first-order valence-corrected chi connectivity index (χ1v) is 9.90. The van der Waals surface area contributed by atoms with Crippen LogP contribution in [0.4, 0.5) is 4.79 Å². The second-order valence-corrected chi connectivity index (χ2v) is 7.11. The van der Waals surface area contributed by atoms with Crippen molar-refractivity contribution in [3.05, 3.63) is 59.7 Å². The first-order chi connectivity index (χ1) is 15.4. The van der Waals surface area contributed by atoms with E-state index >= 15 is 0 Å². The molecular formula is C22H23N3O7. The number of carboxylic acids is 1. The average molecular weight is 441 g/mol. The molecule has 2 aromatic carbocycles. The fourth-order valence-corrected chi connectivity index (χ4v) is 3.40. The summed E-state index contributed by atoms with van der Waals surface area (Å²) in [5, 5.41) is 24.3. The second-order valence-electron chi connectivity index (χ2n) is 7.11. The molecule has 10 heteroatoms. The SMILES string of the molecule is O=C(CNC(=O)CNC(=O)OCC1c2ccccc2-c2ccccc21)NC[C@H](O)C(=O)O. The summed E-state index contributed by atoms with van der Waals surface area (Å²) in [7, 11) is 0. The normalized spacial score (nSPS) is 12.8. The molecule has 32 heavy (non-hydrogen) atoms. The molecule has 3 amide bonds. The van der Waals surface area contributed by atoms with Crippen LogP contribution in [-0.2, 0) is 19.1 Å². The summed E-state index contributed by atoms with van der Waals surface area (Å²) in [4.78, 5) is 45.8. The maximum atomic E-state index is 12.0. The van der Waals surface area contributed by atoms with Crippen molar-refractivity contribution < 1.29 is 34.1 Å². The van der Waals surface area contributed by atoms with Gasteiger partial charge in [0.05, 0.1) is 13.1 Å². The molecule has 0 aliphatic heterocycles. The number of carboxylic acid groups (broad SMARTS) is 1. The Kier molecular flexibility index (Phi) is 7.40. The molecule has 3 rings (SSSR count). The van der Waals surface area contributed by atoms with E-state index in [2.05, 4.69) is 16.0 Å². The van der Waals surface area contributed by atoms with E-state index in [0.29, 0.717) is 0 Å². The molecule has 0 saturated carbocycles. The Bertz CT molecular complexity index is 979. The molecule has 0 aromatic heterocycles. The number of aliphatic hydroxyl groups is 1. The molecule has 1 aliphatic carbocycles. The number of fused-ring (bicyclic) bond motifs is 3. The van der Waals surface area contributed by atoms with Crippen LogP contribution < -0.4 is 16.0 Å². The van der Waals surface area contributed by atoms with E-state index in [-0.39, 0.29) is 12.5 Å². The van der Waals surface area contributed by atoms with Crippen molar-refractivity contribution in [2.24, 2.45) is 0 Å². The molecule has 0 spiro atoms. The number of hydrogen-bond donors (Lipinski definition) is 5. The van der Waals surface area contributed by atoms with Gasteiger partial charge in [0.2, 0.25) is 11.8 Å². The van der Waals surface area contributed by atoms with Gasteiger partial charge in [0.1, 0.15) is 13.2 Å². The third kappa shape index (κ3) is 5.61. The lowest BCUT2D eigenvalue weighted by Crippen LogP contribution is -2.44. The van der Waals surface area contributed by atoms with Crippen LogP contribution in [0.3, 0.4) is 0 Å². The monoisotopic (exact) mass is 441 g/mol. The number of ether oxygens (including phenoxy) is 1. The molecule has 0 bridgehead atoms. The molecule has 1 atom stereocenters. The Morgan fingerprint density at radius 3 is 1.97 bits per heavy atom. The van der Waals surface area contributed by atoms with E-state index in [9.17, 15) is 19.2 Å². The number of hydrogen-bond acceptors (Lipinski definition) is 6. The zero-order valence-corrected chi connectivity index (χ0v) is 17.0. The maximum absolute atomic E-state index is 12.0. The van der Waals surface area contributed by atoms with Gasteiger partial charge in [0, 0.05) is 5.92 Å². The smallest absolute Gasteiger partial charge is 0.407 e. The molecule has 168 valence electrons. The molecule has 0 saturated heterocycles. The highest BCUT2D eigenvalue weighted by Crippen LogP contribution is 2.44. The molecular weight excluding hydrogens is 418 g/mol. The summed E-state index contributed by atoms with van der Waals surface area (Å²) in [6.45, 7) is -1.21. The van der Waals surface area contributed by atoms with Crippen LogP contribution in [0.5, 0.6) is 0 Å². The zero-order chi connectivity index (χ0) is 23.1. The topological polar surface area (TPSA) is 154 Å². The van der Waals surface area contributed by atoms with E-state index in [1.807, 2.05) is 48.5 Å². The number of alkyl carbamates (subject to hydrolysis) is 1. The lowest BCUT2D eigenvalue weighted by Gasteiger charge is -2.14. The minimum Gasteiger partial charge on any atom is -0.479 e. The van der Waals surface area contributed by atoms with Crippen LogP contribution in [0.15, 0.2) is 48.5 Å². The molecule has 10 nitrogen and oxygen atoms in total. The predicted octanol–water partition coefficient (Wildman–Crippen LogP) is 0.203. The fraction of sp³-hybridized carbons (Fsp3) is 0.273. The van der Waals surface area contributed by atoms with Gasteiger partial charge in [-0.3, -0.25) is 9.59 Å². The van der Waals surface area contributed by atoms with Crippen LogP contribution in [0.2, 0.25) is 0 Å². The van der Waals surface area contributed by atoms with Crippen molar-refractivity contribution in [1.82, 2.24) is 16.0 Å². The summed E-state index contributed by atoms with van der Waals surface area (Å²) in [5.41, 5.74) is 4.34. The summed E-state index contributed by atoms with van der Waals surface area (Å²) >= 11 is 0. The van der Waals surface area contributed by atoms with Gasteiger partial charge >= 0.3 is 12.1 Å². The largest absolute Gasteiger partial charge is 0.479 e. The number of nitrogens with one attached hydrogen (secondary N) is 3. The Balaban J connectivity index is 1.41. The number of aliphatic hydroxyl groups excluding tert-OH is 1. The van der Waals surface area contributed by atoms with E-state index in [1.54, 1.807) is 0 Å². The Morgan fingerprint density at radius 1 is 0.844 bits per heavy atom. The summed E-state index contributed by atoms with van der Waals surface area (Å²) in [6, 6.07) is 15.8. The van der Waals surface area contributed by atoms with Crippen molar-refractivity contribution in [1.29, 1.82) is 0 Å². The predicted molar refractivity (Wildman–Crippen MR) is 113 cm³/mol. The van der Waals surface area contributed by atoms with Crippen molar-refractivity contribution in [3.8, 4) is 11.1 Å². The van der Waals surface area contributed by atoms with Gasteiger partial charge in [-0.2, -0.15) is 0 Å². The third-order valence-corrected chi connectivity index (χ3v) is 4.96. The molecule has 0 radical (unpaired) electrons. The van der Waals surface area contributed by atoms with Gasteiger partial charge in [0.25, 0.3) is 0 Å². The molecule has 0 heterocycles. The average Bonchev–Trinajstić information content (AvgIpc) is 3.12. The van der Waals surface area contributed by atoms with Crippen molar-refractivity contribution in [2.45, 2.75) is 12.0 Å². The number of rotatable bonds is 9. The minimum absolute atomic E-state index is 0.105. The molecule has 2 aromatic rings. The number of aliphatic carboxylic acids is 1. The number of carbonyl (C=O) groups is 4. The van der Waals surface area contributed by atoms with E-state index in [1.165, 1.54) is 0 Å². The van der Waals surface area contributed by atoms with Gasteiger partial charge in [-0.05, 0) is 22.3 Å². The summed E-state index contributed by atoms with van der Waals surface area (Å²) < 4.78 is 5.31. The number of carbonyl (C=O) groups excluding carboxylic acids is 3. The first kappa shape index (κ1) is 22.8. The zero-order valence-electron chi connectivity index (χ0n) is 17.0. The quantitative estimate of drug-likeness (QED) is 0.372. The Morgan fingerprint density at radius 2 is 1.38 bits per heavy atom. The number of benzene rings is 2. The van der Waals surface area contributed by atoms with E-state index < -0.39 is 49.6 Å². The minimum atomic E-state index is -1.73. The first-order valence-electron chi connectivity index (χ1n) is 9.90. The van der Waals surface area contributed by atoms with Gasteiger partial charge in [0.15, 0.2) is 6.10 Å². The van der Waals surface area contributed by atoms with Crippen LogP contribution in [0.25, 0.3) is 11.1 Å². The van der Waals surface area contributed by atoms with Crippen molar-refractivity contribution >= 4 is 23.9 Å². The Hall–Kier alpha value is -3.92. The van der Waals surface area contributed by atoms with Crippen LogP contribution in [-0.4, -0.2) is 66.4 Å². The van der Waals surface area contributed by atoms with Gasteiger partial charge in [-0.15, -0.1) is 0 Å². The van der Waals surface area contributed by atoms with Crippen LogP contribution in [0, 0.1) is 0 Å². The highest BCUT2D eigenvalue weighted by Gasteiger charge is 2.29. The van der Waals surface area contributed by atoms with Crippen LogP contribution >= 0.6 is 0 Å². The Labute approximate surface area is 183 Å². The summed E-state index contributed by atoms with van der Waals surface area (Å²) in [5.74, 6) is -2.89. The lowest BCUT2D eigenvalue weighted by molar-refractivity contribution is -0.146. The van der Waals surface area contributed by atoms with Gasteiger partial charge in [-0.25, -0.2) is 9.59 Å². The lowest BCUT2D eigenvalue weighted by atomic mass is 9.98. The number of amides is 3. The summed E-state index contributed by atoms with van der Waals surface area (Å²) in [6.07, 6.45) is -2.50. The highest BCUT2D eigenvalue weighted by molar-refractivity contribution is 5.87. The maximum Gasteiger partial charge on any atom is 0.407 e. The van der Waals surface area contributed by atoms with Crippen molar-refractivity contribution in [2.75, 3.05) is 26.2 Å². The van der Waals surface area contributed by atoms with E-state index in [4.69, 9.17) is 14.9 Å².